The lowest BCUT2D eigenvalue weighted by atomic mass is 10.4. The molecule has 2 aromatic rings. The van der Waals surface area contributed by atoms with Crippen molar-refractivity contribution in [2.45, 2.75) is 24.5 Å². The van der Waals surface area contributed by atoms with Crippen LogP contribution in [0.3, 0.4) is 0 Å². The Hall–Kier alpha value is -2.00. The van der Waals surface area contributed by atoms with Gasteiger partial charge in [-0.05, 0) is 25.0 Å². The van der Waals surface area contributed by atoms with Gasteiger partial charge >= 0.3 is 0 Å². The van der Waals surface area contributed by atoms with Gasteiger partial charge < -0.3 is 19.0 Å². The first-order valence-electron chi connectivity index (χ1n) is 9.00. The number of anilines is 1. The maximum atomic E-state index is 12.4. The fourth-order valence-electron chi connectivity index (χ4n) is 3.27. The smallest absolute Gasteiger partial charge is 0.233 e. The third-order valence-corrected chi connectivity index (χ3v) is 5.62. The number of nitrogens with zero attached hydrogens (tertiary/aromatic N) is 5. The fourth-order valence-corrected chi connectivity index (χ4v) is 4.10. The van der Waals surface area contributed by atoms with E-state index in [1.807, 2.05) is 21.6 Å². The van der Waals surface area contributed by atoms with Crippen molar-refractivity contribution < 1.29 is 13.9 Å². The highest BCUT2D eigenvalue weighted by Gasteiger charge is 2.23. The van der Waals surface area contributed by atoms with E-state index in [-0.39, 0.29) is 5.91 Å². The Morgan fingerprint density at radius 2 is 1.96 bits per heavy atom. The standard InChI is InChI=1S/C17H23N5O3S/c23-15(20-5-1-2-6-20)13-26-17-19-18-16(21-7-10-24-11-8-21)22(17)12-14-4-3-9-25-14/h3-4,9H,1-2,5-8,10-13H2. The average Bonchev–Trinajstić information content (AvgIpc) is 3.43. The molecule has 2 aliphatic heterocycles. The van der Waals surface area contributed by atoms with Gasteiger partial charge in [-0.15, -0.1) is 10.2 Å². The number of carbonyl (C=O) groups excluding carboxylic acids is 1. The normalized spacial score (nSPS) is 17.8. The molecule has 0 saturated carbocycles. The molecule has 9 heteroatoms. The highest BCUT2D eigenvalue weighted by atomic mass is 32.2. The number of thioether (sulfide) groups is 1. The molecular weight excluding hydrogens is 354 g/mol. The van der Waals surface area contributed by atoms with Crippen LogP contribution in [0.4, 0.5) is 5.95 Å². The molecule has 0 radical (unpaired) electrons. The summed E-state index contributed by atoms with van der Waals surface area (Å²) in [6.07, 6.45) is 3.87. The number of hydrogen-bond acceptors (Lipinski definition) is 7. The van der Waals surface area contributed by atoms with Crippen molar-refractivity contribution in [2.24, 2.45) is 0 Å². The quantitative estimate of drug-likeness (QED) is 0.706. The average molecular weight is 377 g/mol. The van der Waals surface area contributed by atoms with Crippen molar-refractivity contribution in [2.75, 3.05) is 50.0 Å². The summed E-state index contributed by atoms with van der Waals surface area (Å²) in [6, 6.07) is 3.81. The van der Waals surface area contributed by atoms with Crippen molar-refractivity contribution >= 4 is 23.6 Å². The van der Waals surface area contributed by atoms with Crippen molar-refractivity contribution in [1.29, 1.82) is 0 Å². The summed E-state index contributed by atoms with van der Waals surface area (Å²) in [7, 11) is 0. The summed E-state index contributed by atoms with van der Waals surface area (Å²) in [5, 5.41) is 9.49. The molecule has 8 nitrogen and oxygen atoms in total. The van der Waals surface area contributed by atoms with Crippen molar-refractivity contribution in [3.8, 4) is 0 Å². The lowest BCUT2D eigenvalue weighted by Crippen LogP contribution is -2.38. The summed E-state index contributed by atoms with van der Waals surface area (Å²) in [5.74, 6) is 2.21. The SMILES string of the molecule is O=C(CSc1nnc(N2CCOCC2)n1Cc1ccco1)N1CCCC1. The van der Waals surface area contributed by atoms with Gasteiger partial charge in [0.2, 0.25) is 11.9 Å². The second-order valence-corrected chi connectivity index (χ2v) is 7.37. The van der Waals surface area contributed by atoms with Crippen LogP contribution in [-0.2, 0) is 16.1 Å². The molecule has 4 rings (SSSR count). The van der Waals surface area contributed by atoms with Crippen molar-refractivity contribution in [1.82, 2.24) is 19.7 Å². The molecule has 2 aromatic heterocycles. The molecule has 0 N–H and O–H groups in total. The molecule has 4 heterocycles. The number of morpholine rings is 1. The van der Waals surface area contributed by atoms with Gasteiger partial charge in [0.1, 0.15) is 5.76 Å². The van der Waals surface area contributed by atoms with Crippen LogP contribution in [0.15, 0.2) is 28.0 Å². The summed E-state index contributed by atoms with van der Waals surface area (Å²) < 4.78 is 13.0. The predicted octanol–water partition coefficient (Wildman–Crippen LogP) is 1.47. The van der Waals surface area contributed by atoms with Gasteiger partial charge in [-0.1, -0.05) is 11.8 Å². The molecule has 140 valence electrons. The topological polar surface area (TPSA) is 76.6 Å². The first-order valence-corrected chi connectivity index (χ1v) is 9.98. The zero-order valence-electron chi connectivity index (χ0n) is 14.7. The molecular formula is C17H23N5O3S. The Balaban J connectivity index is 1.50. The van der Waals surface area contributed by atoms with Crippen LogP contribution in [0.5, 0.6) is 0 Å². The Morgan fingerprint density at radius 3 is 2.69 bits per heavy atom. The first-order chi connectivity index (χ1) is 12.8. The van der Waals surface area contributed by atoms with Gasteiger partial charge in [0.15, 0.2) is 5.16 Å². The molecule has 2 fully saturated rings. The van der Waals surface area contributed by atoms with Crippen LogP contribution >= 0.6 is 11.8 Å². The van der Waals surface area contributed by atoms with Gasteiger partial charge in [0.05, 0.1) is 31.8 Å². The van der Waals surface area contributed by atoms with E-state index in [1.54, 1.807) is 6.26 Å². The van der Waals surface area contributed by atoms with E-state index in [2.05, 4.69) is 15.1 Å². The summed E-state index contributed by atoms with van der Waals surface area (Å²) in [4.78, 5) is 16.5. The lowest BCUT2D eigenvalue weighted by molar-refractivity contribution is -0.127. The Morgan fingerprint density at radius 1 is 1.15 bits per heavy atom. The van der Waals surface area contributed by atoms with E-state index in [4.69, 9.17) is 9.15 Å². The van der Waals surface area contributed by atoms with E-state index in [0.717, 1.165) is 55.9 Å². The fraction of sp³-hybridized carbons (Fsp3) is 0.588. The number of ether oxygens (including phenoxy) is 1. The predicted molar refractivity (Wildman–Crippen MR) is 97.4 cm³/mol. The lowest BCUT2D eigenvalue weighted by Gasteiger charge is -2.27. The van der Waals surface area contributed by atoms with Gasteiger partial charge in [-0.2, -0.15) is 0 Å². The molecule has 0 bridgehead atoms. The van der Waals surface area contributed by atoms with Crippen LogP contribution < -0.4 is 4.90 Å². The van der Waals surface area contributed by atoms with Crippen LogP contribution in [-0.4, -0.2) is 70.7 Å². The molecule has 0 unspecified atom stereocenters. The van der Waals surface area contributed by atoms with Crippen LogP contribution in [0.1, 0.15) is 18.6 Å². The molecule has 0 aliphatic carbocycles. The number of hydrogen-bond donors (Lipinski definition) is 0. The Bertz CT molecular complexity index is 721. The van der Waals surface area contributed by atoms with E-state index in [9.17, 15) is 4.79 Å². The van der Waals surface area contributed by atoms with E-state index < -0.39 is 0 Å². The van der Waals surface area contributed by atoms with E-state index in [1.165, 1.54) is 11.8 Å². The second-order valence-electron chi connectivity index (χ2n) is 6.42. The largest absolute Gasteiger partial charge is 0.467 e. The van der Waals surface area contributed by atoms with Crippen molar-refractivity contribution in [3.63, 3.8) is 0 Å². The zero-order valence-corrected chi connectivity index (χ0v) is 15.5. The van der Waals surface area contributed by atoms with Gasteiger partial charge in [-0.3, -0.25) is 9.36 Å². The van der Waals surface area contributed by atoms with Crippen LogP contribution in [0, 0.1) is 0 Å². The number of aromatic nitrogens is 3. The van der Waals surface area contributed by atoms with E-state index in [0.29, 0.717) is 25.5 Å². The Labute approximate surface area is 156 Å². The zero-order chi connectivity index (χ0) is 17.8. The maximum absolute atomic E-state index is 12.4. The number of rotatable bonds is 6. The molecule has 0 aromatic carbocycles. The summed E-state index contributed by atoms with van der Waals surface area (Å²) in [5.41, 5.74) is 0. The van der Waals surface area contributed by atoms with Crippen molar-refractivity contribution in [3.05, 3.63) is 24.2 Å². The second kappa shape index (κ2) is 8.13. The van der Waals surface area contributed by atoms with Crippen LogP contribution in [0.2, 0.25) is 0 Å². The molecule has 1 amide bonds. The number of likely N-dealkylation sites (tertiary alicyclic amines) is 1. The number of amides is 1. The number of furan rings is 1. The van der Waals surface area contributed by atoms with Crippen LogP contribution in [0.25, 0.3) is 0 Å². The monoisotopic (exact) mass is 377 g/mol. The summed E-state index contributed by atoms with van der Waals surface area (Å²) in [6.45, 7) is 5.23. The molecule has 26 heavy (non-hydrogen) atoms. The summed E-state index contributed by atoms with van der Waals surface area (Å²) >= 11 is 1.45. The Kier molecular flexibility index (Phi) is 5.45. The number of carbonyl (C=O) groups is 1. The molecule has 2 aliphatic rings. The minimum atomic E-state index is 0.174. The minimum absolute atomic E-state index is 0.174. The van der Waals surface area contributed by atoms with Gasteiger partial charge in [0.25, 0.3) is 0 Å². The highest BCUT2D eigenvalue weighted by molar-refractivity contribution is 7.99. The minimum Gasteiger partial charge on any atom is -0.467 e. The molecule has 2 saturated heterocycles. The van der Waals surface area contributed by atoms with Gasteiger partial charge in [-0.25, -0.2) is 0 Å². The molecule has 0 spiro atoms. The highest BCUT2D eigenvalue weighted by Crippen LogP contribution is 2.25. The first kappa shape index (κ1) is 17.4. The van der Waals surface area contributed by atoms with Gasteiger partial charge in [0, 0.05) is 26.2 Å². The third kappa shape index (κ3) is 3.88. The maximum Gasteiger partial charge on any atom is 0.233 e. The molecule has 0 atom stereocenters. The van der Waals surface area contributed by atoms with E-state index >= 15 is 0 Å². The third-order valence-electron chi connectivity index (χ3n) is 4.67.